The van der Waals surface area contributed by atoms with Crippen LogP contribution in [0, 0.1) is 5.92 Å². The van der Waals surface area contributed by atoms with Crippen LogP contribution in [0.25, 0.3) is 0 Å². The molecule has 1 saturated heterocycles. The molecule has 2 aliphatic heterocycles. The van der Waals surface area contributed by atoms with E-state index in [4.69, 9.17) is 9.47 Å². The Bertz CT molecular complexity index is 558. The number of carbonyl (C=O) groups excluding carboxylic acids is 2. The fraction of sp³-hybridized carbons (Fsp3) is 0.778. The zero-order valence-corrected chi connectivity index (χ0v) is 17.4. The second kappa shape index (κ2) is 7.98. The number of nitrogens with zero attached hydrogens (tertiary/aromatic N) is 1. The molecule has 0 aromatic rings. The van der Waals surface area contributed by atoms with Crippen molar-refractivity contribution >= 4 is 23.9 Å². The Morgan fingerprint density at radius 1 is 1.12 bits per heavy atom. The van der Waals surface area contributed by atoms with Gasteiger partial charge in [0.25, 0.3) is 0 Å². The summed E-state index contributed by atoms with van der Waals surface area (Å²) in [7, 11) is 0. The van der Waals surface area contributed by atoms with E-state index >= 15 is 0 Å². The number of rotatable bonds is 2. The number of nitrogens with one attached hydrogen (secondary N) is 2. The van der Waals surface area contributed by atoms with Crippen LogP contribution in [0.15, 0.2) is 11.2 Å². The van der Waals surface area contributed by atoms with Crippen molar-refractivity contribution in [3.05, 3.63) is 11.2 Å². The van der Waals surface area contributed by atoms with Gasteiger partial charge in [-0.25, -0.2) is 9.59 Å². The highest BCUT2D eigenvalue weighted by atomic mass is 32.2. The number of hydrogen-bond donors (Lipinski definition) is 2. The van der Waals surface area contributed by atoms with Gasteiger partial charge in [0.2, 0.25) is 0 Å². The molecule has 8 heteroatoms. The largest absolute Gasteiger partial charge is 0.444 e. The maximum atomic E-state index is 12.1. The van der Waals surface area contributed by atoms with Crippen LogP contribution in [0.1, 0.15) is 54.4 Å². The highest BCUT2D eigenvalue weighted by Crippen LogP contribution is 2.34. The zero-order valence-electron chi connectivity index (χ0n) is 16.5. The Morgan fingerprint density at radius 2 is 1.69 bits per heavy atom. The van der Waals surface area contributed by atoms with Crippen LogP contribution in [0.5, 0.6) is 0 Å². The fourth-order valence-corrected chi connectivity index (χ4v) is 3.93. The second-order valence-corrected chi connectivity index (χ2v) is 9.83. The Labute approximate surface area is 160 Å². The highest BCUT2D eigenvalue weighted by Gasteiger charge is 2.33. The molecule has 2 N–H and O–H groups in total. The third kappa shape index (κ3) is 6.63. The number of ether oxygens (including phenoxy) is 2. The Balaban J connectivity index is 1.75. The summed E-state index contributed by atoms with van der Waals surface area (Å²) < 4.78 is 10.7. The van der Waals surface area contributed by atoms with Crippen LogP contribution in [0.3, 0.4) is 0 Å². The Morgan fingerprint density at radius 3 is 2.23 bits per heavy atom. The molecule has 0 bridgehead atoms. The first kappa shape index (κ1) is 20.7. The van der Waals surface area contributed by atoms with Gasteiger partial charge < -0.3 is 19.7 Å². The summed E-state index contributed by atoms with van der Waals surface area (Å²) in [4.78, 5) is 25.8. The molecule has 7 nitrogen and oxygen atoms in total. The summed E-state index contributed by atoms with van der Waals surface area (Å²) in [6, 6.07) is 0. The number of thioether (sulfide) groups is 1. The Kier molecular flexibility index (Phi) is 6.37. The van der Waals surface area contributed by atoms with Crippen LogP contribution in [-0.4, -0.2) is 46.8 Å². The molecule has 0 spiro atoms. The minimum absolute atomic E-state index is 0.195. The number of amides is 2. The molecule has 0 aliphatic carbocycles. The summed E-state index contributed by atoms with van der Waals surface area (Å²) in [6.45, 7) is 12.5. The lowest BCUT2D eigenvalue weighted by atomic mass is 9.97. The van der Waals surface area contributed by atoms with Crippen molar-refractivity contribution in [3.8, 4) is 0 Å². The first-order valence-corrected chi connectivity index (χ1v) is 9.92. The van der Waals surface area contributed by atoms with Crippen molar-refractivity contribution in [1.82, 2.24) is 15.5 Å². The highest BCUT2D eigenvalue weighted by molar-refractivity contribution is 8.03. The lowest BCUT2D eigenvalue weighted by Gasteiger charge is -2.35. The summed E-state index contributed by atoms with van der Waals surface area (Å²) in [5.41, 5.74) is -0.988. The molecule has 2 amide bonds. The summed E-state index contributed by atoms with van der Waals surface area (Å²) in [5, 5.41) is 7.05. The van der Waals surface area contributed by atoms with E-state index in [1.165, 1.54) is 0 Å². The maximum Gasteiger partial charge on any atom is 0.412 e. The number of piperidine rings is 1. The van der Waals surface area contributed by atoms with Gasteiger partial charge in [0, 0.05) is 19.3 Å². The van der Waals surface area contributed by atoms with Crippen molar-refractivity contribution in [2.75, 3.05) is 13.1 Å². The molecular formula is C18H31N3O4S. The standard InChI is InChI=1S/C18H31N3O4S/c1-17(2,3)24-15(22)20-13-11-19-14(26-13)12-7-9-21(10-8-12)16(23)25-18(4,5)6/h11-12,14,19H,7-10H2,1-6H3,(H,20,22). The topological polar surface area (TPSA) is 79.9 Å². The first-order chi connectivity index (χ1) is 11.9. The lowest BCUT2D eigenvalue weighted by Crippen LogP contribution is -2.44. The molecule has 0 aromatic carbocycles. The molecule has 2 heterocycles. The van der Waals surface area contributed by atoms with E-state index in [0.29, 0.717) is 19.0 Å². The van der Waals surface area contributed by atoms with Gasteiger partial charge in [0.15, 0.2) is 0 Å². The molecule has 1 unspecified atom stereocenters. The fourth-order valence-electron chi connectivity index (χ4n) is 2.78. The molecule has 0 saturated carbocycles. The summed E-state index contributed by atoms with van der Waals surface area (Å²) in [6.07, 6.45) is 2.93. The van der Waals surface area contributed by atoms with E-state index in [1.54, 1.807) is 16.7 Å². The zero-order chi connectivity index (χ0) is 19.5. The van der Waals surface area contributed by atoms with E-state index in [2.05, 4.69) is 10.6 Å². The summed E-state index contributed by atoms with van der Waals surface area (Å²) >= 11 is 1.59. The molecule has 0 aromatic heterocycles. The summed E-state index contributed by atoms with van der Waals surface area (Å²) in [5.74, 6) is 0.424. The first-order valence-electron chi connectivity index (χ1n) is 9.04. The molecular weight excluding hydrogens is 354 g/mol. The number of likely N-dealkylation sites (tertiary alicyclic amines) is 1. The van der Waals surface area contributed by atoms with Gasteiger partial charge in [-0.2, -0.15) is 0 Å². The van der Waals surface area contributed by atoms with E-state index in [1.807, 2.05) is 47.7 Å². The van der Waals surface area contributed by atoms with Crippen LogP contribution in [-0.2, 0) is 9.47 Å². The van der Waals surface area contributed by atoms with E-state index < -0.39 is 17.3 Å². The van der Waals surface area contributed by atoms with E-state index in [9.17, 15) is 9.59 Å². The third-order valence-corrected chi connectivity index (χ3v) is 5.13. The molecule has 0 radical (unpaired) electrons. The van der Waals surface area contributed by atoms with Gasteiger partial charge in [-0.1, -0.05) is 11.8 Å². The molecule has 1 fully saturated rings. The number of carbonyl (C=O) groups is 2. The SMILES string of the molecule is CC(C)(C)OC(=O)NC1=CNC(C2CCN(C(=O)OC(C)(C)C)CC2)S1. The van der Waals surface area contributed by atoms with Crippen LogP contribution in [0.2, 0.25) is 0 Å². The van der Waals surface area contributed by atoms with Crippen molar-refractivity contribution in [1.29, 1.82) is 0 Å². The van der Waals surface area contributed by atoms with Gasteiger partial charge in [0.1, 0.15) is 11.2 Å². The Hall–Kier alpha value is -1.57. The average Bonchev–Trinajstić information content (AvgIpc) is 2.92. The van der Waals surface area contributed by atoms with Gasteiger partial charge in [-0.3, -0.25) is 5.32 Å². The molecule has 148 valence electrons. The van der Waals surface area contributed by atoms with Crippen LogP contribution >= 0.6 is 11.8 Å². The predicted molar refractivity (Wildman–Crippen MR) is 102 cm³/mol. The van der Waals surface area contributed by atoms with Gasteiger partial charge in [-0.15, -0.1) is 0 Å². The quantitative estimate of drug-likeness (QED) is 0.756. The molecule has 2 aliphatic rings. The van der Waals surface area contributed by atoms with Crippen LogP contribution < -0.4 is 10.6 Å². The lowest BCUT2D eigenvalue weighted by molar-refractivity contribution is 0.0181. The average molecular weight is 386 g/mol. The van der Waals surface area contributed by atoms with E-state index in [-0.39, 0.29) is 11.5 Å². The molecule has 2 rings (SSSR count). The number of hydrogen-bond acceptors (Lipinski definition) is 6. The van der Waals surface area contributed by atoms with Gasteiger partial charge >= 0.3 is 12.2 Å². The normalized spacial score (nSPS) is 21.7. The van der Waals surface area contributed by atoms with Crippen molar-refractivity contribution < 1.29 is 19.1 Å². The van der Waals surface area contributed by atoms with Gasteiger partial charge in [-0.05, 0) is 60.3 Å². The molecule has 1 atom stereocenters. The monoisotopic (exact) mass is 385 g/mol. The van der Waals surface area contributed by atoms with Crippen molar-refractivity contribution in [2.45, 2.75) is 71.0 Å². The minimum Gasteiger partial charge on any atom is -0.444 e. The molecule has 26 heavy (non-hydrogen) atoms. The van der Waals surface area contributed by atoms with Crippen molar-refractivity contribution in [2.24, 2.45) is 5.92 Å². The predicted octanol–water partition coefficient (Wildman–Crippen LogP) is 3.62. The van der Waals surface area contributed by atoms with Crippen molar-refractivity contribution in [3.63, 3.8) is 0 Å². The van der Waals surface area contributed by atoms with Gasteiger partial charge in [0.05, 0.1) is 10.4 Å². The smallest absolute Gasteiger partial charge is 0.412 e. The van der Waals surface area contributed by atoms with E-state index in [0.717, 1.165) is 17.9 Å². The number of alkyl carbamates (subject to hydrolysis) is 1. The minimum atomic E-state index is -0.519. The third-order valence-electron chi connectivity index (χ3n) is 3.88. The maximum absolute atomic E-state index is 12.1. The van der Waals surface area contributed by atoms with Crippen LogP contribution in [0.4, 0.5) is 9.59 Å². The second-order valence-electron chi connectivity index (χ2n) is 8.65.